The lowest BCUT2D eigenvalue weighted by Crippen LogP contribution is -2.43. The van der Waals surface area contributed by atoms with E-state index in [1.54, 1.807) is 31.7 Å². The molecular formula is C37H32N8O2. The number of pyridine rings is 4. The van der Waals surface area contributed by atoms with Gasteiger partial charge in [-0.2, -0.15) is 0 Å². The molecule has 47 heavy (non-hydrogen) atoms. The zero-order chi connectivity index (χ0) is 32.1. The Morgan fingerprint density at radius 1 is 0.702 bits per heavy atom. The Hall–Kier alpha value is -5.74. The van der Waals surface area contributed by atoms with Gasteiger partial charge in [0.05, 0.1) is 44.2 Å². The first-order valence-corrected chi connectivity index (χ1v) is 15.7. The summed E-state index contributed by atoms with van der Waals surface area (Å²) < 4.78 is 4.10. The minimum absolute atomic E-state index is 0.0102. The number of amides is 1. The molecule has 0 bridgehead atoms. The number of imidazole rings is 2. The molecule has 1 aliphatic heterocycles. The summed E-state index contributed by atoms with van der Waals surface area (Å²) in [6.45, 7) is 3.58. The Balaban J connectivity index is 0.000000144. The second kappa shape index (κ2) is 11.6. The smallest absolute Gasteiger partial charge is 0.255 e. The van der Waals surface area contributed by atoms with E-state index in [0.29, 0.717) is 22.4 Å². The van der Waals surface area contributed by atoms with Crippen LogP contribution in [0.3, 0.4) is 0 Å². The second-order valence-electron chi connectivity index (χ2n) is 12.1. The Morgan fingerprint density at radius 2 is 1.21 bits per heavy atom. The van der Waals surface area contributed by atoms with Crippen molar-refractivity contribution in [3.05, 3.63) is 109 Å². The largest absolute Gasteiger partial charge is 0.349 e. The first-order valence-electron chi connectivity index (χ1n) is 15.7. The SMILES string of the molecule is CC(=O)c1cc2cnccc2n2c1nc1ccccc12.CN1CCC(NC(=O)c2cc3cnccc3n3c2nc2ccccc23)CC1. The van der Waals surface area contributed by atoms with Crippen molar-refractivity contribution < 1.29 is 9.59 Å². The molecule has 232 valence electrons. The minimum Gasteiger partial charge on any atom is -0.349 e. The normalized spacial score (nSPS) is 14.3. The number of ketones is 1. The van der Waals surface area contributed by atoms with Crippen molar-refractivity contribution >= 4 is 66.9 Å². The van der Waals surface area contributed by atoms with Crippen LogP contribution >= 0.6 is 0 Å². The maximum Gasteiger partial charge on any atom is 0.255 e. The molecule has 0 radical (unpaired) electrons. The summed E-state index contributed by atoms with van der Waals surface area (Å²) in [5, 5.41) is 5.09. The summed E-state index contributed by atoms with van der Waals surface area (Å²) in [7, 11) is 2.12. The van der Waals surface area contributed by atoms with Gasteiger partial charge < -0.3 is 10.2 Å². The fraction of sp³-hybridized carbons (Fsp3) is 0.189. The molecule has 9 rings (SSSR count). The van der Waals surface area contributed by atoms with Gasteiger partial charge in [-0.25, -0.2) is 9.97 Å². The summed E-state index contributed by atoms with van der Waals surface area (Å²) in [5.41, 5.74) is 8.41. The quantitative estimate of drug-likeness (QED) is 0.238. The van der Waals surface area contributed by atoms with Crippen molar-refractivity contribution in [1.29, 1.82) is 0 Å². The summed E-state index contributed by atoms with van der Waals surface area (Å²) in [6.07, 6.45) is 9.05. The van der Waals surface area contributed by atoms with E-state index in [0.717, 1.165) is 69.8 Å². The van der Waals surface area contributed by atoms with Gasteiger partial charge in [-0.3, -0.25) is 28.4 Å². The number of fused-ring (bicyclic) bond motifs is 10. The van der Waals surface area contributed by atoms with Crippen molar-refractivity contribution in [2.24, 2.45) is 0 Å². The number of benzene rings is 2. The van der Waals surface area contributed by atoms with Crippen LogP contribution in [0.2, 0.25) is 0 Å². The lowest BCUT2D eigenvalue weighted by Gasteiger charge is -2.29. The zero-order valence-electron chi connectivity index (χ0n) is 26.1. The maximum absolute atomic E-state index is 13.1. The first-order chi connectivity index (χ1) is 23.0. The number of rotatable bonds is 3. The molecule has 1 amide bonds. The Kier molecular flexibility index (Phi) is 7.06. The predicted molar refractivity (Wildman–Crippen MR) is 184 cm³/mol. The van der Waals surface area contributed by atoms with Crippen molar-refractivity contribution in [1.82, 2.24) is 39.0 Å². The number of carbonyl (C=O) groups excluding carboxylic acids is 2. The van der Waals surface area contributed by atoms with Crippen LogP contribution in [0.4, 0.5) is 0 Å². The number of para-hydroxylation sites is 4. The number of aromatic nitrogens is 6. The number of hydrogen-bond acceptors (Lipinski definition) is 7. The number of nitrogens with zero attached hydrogens (tertiary/aromatic N) is 7. The zero-order valence-corrected chi connectivity index (χ0v) is 26.1. The van der Waals surface area contributed by atoms with Crippen LogP contribution in [-0.2, 0) is 0 Å². The topological polar surface area (TPSA) is 110 Å². The molecular weight excluding hydrogens is 588 g/mol. The number of likely N-dealkylation sites (tertiary alicyclic amines) is 1. The van der Waals surface area contributed by atoms with E-state index >= 15 is 0 Å². The molecule has 8 aromatic rings. The Morgan fingerprint density at radius 3 is 1.77 bits per heavy atom. The molecule has 10 nitrogen and oxygen atoms in total. The van der Waals surface area contributed by atoms with E-state index in [-0.39, 0.29) is 17.7 Å². The van der Waals surface area contributed by atoms with Crippen LogP contribution in [0, 0.1) is 0 Å². The van der Waals surface area contributed by atoms with Crippen LogP contribution in [0.1, 0.15) is 40.5 Å². The summed E-state index contributed by atoms with van der Waals surface area (Å²) >= 11 is 0. The fourth-order valence-corrected chi connectivity index (χ4v) is 6.61. The molecule has 0 spiro atoms. The molecule has 0 aliphatic carbocycles. The molecule has 0 saturated carbocycles. The van der Waals surface area contributed by atoms with Gasteiger partial charge in [-0.15, -0.1) is 0 Å². The average Bonchev–Trinajstić information content (AvgIpc) is 3.68. The van der Waals surface area contributed by atoms with Crippen LogP contribution in [0.25, 0.3) is 55.2 Å². The van der Waals surface area contributed by atoms with Crippen molar-refractivity contribution in [2.45, 2.75) is 25.8 Å². The maximum atomic E-state index is 13.1. The highest BCUT2D eigenvalue weighted by Gasteiger charge is 2.22. The van der Waals surface area contributed by atoms with Crippen molar-refractivity contribution in [3.8, 4) is 0 Å². The highest BCUT2D eigenvalue weighted by molar-refractivity contribution is 6.07. The third kappa shape index (κ3) is 5.03. The first kappa shape index (κ1) is 28.7. The Labute approximate surface area is 269 Å². The van der Waals surface area contributed by atoms with Crippen LogP contribution < -0.4 is 5.32 Å². The predicted octanol–water partition coefficient (Wildman–Crippen LogP) is 6.10. The van der Waals surface area contributed by atoms with Gasteiger partial charge in [0.2, 0.25) is 0 Å². The molecule has 1 fully saturated rings. The Bertz CT molecular complexity index is 2490. The summed E-state index contributed by atoms with van der Waals surface area (Å²) in [4.78, 5) is 45.1. The number of hydrogen-bond donors (Lipinski definition) is 1. The van der Waals surface area contributed by atoms with Gasteiger partial charge >= 0.3 is 0 Å². The standard InChI is InChI=1S/C21H21N5O.C16H11N3O/c1-25-10-7-15(8-11-25)23-21(27)16-12-14-13-22-9-6-18(14)26-19-5-3-2-4-17(19)24-20(16)26;1-10(20)12-8-11-9-17-7-6-14(11)19-15-5-3-2-4-13(15)18-16(12)19/h2-6,9,12-13,15H,7-8,10-11H2,1H3,(H,23,27);2-9H,1H3. The van der Waals surface area contributed by atoms with Crippen LogP contribution in [-0.4, -0.2) is 71.5 Å². The van der Waals surface area contributed by atoms with Gasteiger partial charge in [-0.05, 0) is 88.4 Å². The number of Topliss-reactive ketones (excluding diaryl/α,β-unsaturated/α-hetero) is 1. The third-order valence-corrected chi connectivity index (χ3v) is 9.02. The third-order valence-electron chi connectivity index (χ3n) is 9.02. The molecule has 0 unspecified atom stereocenters. The number of carbonyl (C=O) groups is 2. The highest BCUT2D eigenvalue weighted by atomic mass is 16.1. The van der Waals surface area contributed by atoms with Crippen molar-refractivity contribution in [2.75, 3.05) is 20.1 Å². The number of nitrogens with one attached hydrogen (secondary N) is 1. The molecule has 1 aliphatic rings. The van der Waals surface area contributed by atoms with Gasteiger partial charge in [0.15, 0.2) is 11.4 Å². The van der Waals surface area contributed by atoms with Crippen LogP contribution in [0.5, 0.6) is 0 Å². The minimum atomic E-state index is -0.0596. The van der Waals surface area contributed by atoms with Gasteiger partial charge in [0.25, 0.3) is 5.91 Å². The molecule has 7 heterocycles. The monoisotopic (exact) mass is 620 g/mol. The van der Waals surface area contributed by atoms with E-state index < -0.39 is 0 Å². The lowest BCUT2D eigenvalue weighted by molar-refractivity contribution is 0.0917. The van der Waals surface area contributed by atoms with E-state index in [4.69, 9.17) is 4.98 Å². The van der Waals surface area contributed by atoms with Gasteiger partial charge in [0, 0.05) is 41.6 Å². The van der Waals surface area contributed by atoms with Gasteiger partial charge in [-0.1, -0.05) is 24.3 Å². The van der Waals surface area contributed by atoms with E-state index in [2.05, 4.69) is 36.6 Å². The lowest BCUT2D eigenvalue weighted by atomic mass is 10.0. The summed E-state index contributed by atoms with van der Waals surface area (Å²) in [6, 6.07) is 23.8. The molecule has 2 aromatic carbocycles. The molecule has 1 saturated heterocycles. The van der Waals surface area contributed by atoms with E-state index in [1.165, 1.54) is 0 Å². The van der Waals surface area contributed by atoms with Crippen LogP contribution in [0.15, 0.2) is 97.6 Å². The molecule has 1 N–H and O–H groups in total. The summed E-state index contributed by atoms with van der Waals surface area (Å²) in [5.74, 6) is -0.0494. The highest BCUT2D eigenvalue weighted by Crippen LogP contribution is 2.27. The fourth-order valence-electron chi connectivity index (χ4n) is 6.61. The average molecular weight is 621 g/mol. The second-order valence-corrected chi connectivity index (χ2v) is 12.1. The van der Waals surface area contributed by atoms with E-state index in [1.807, 2.05) is 77.2 Å². The van der Waals surface area contributed by atoms with Crippen molar-refractivity contribution in [3.63, 3.8) is 0 Å². The number of piperidine rings is 1. The molecule has 10 heteroatoms. The van der Waals surface area contributed by atoms with Gasteiger partial charge in [0.1, 0.15) is 5.65 Å². The molecule has 0 atom stereocenters. The molecule has 6 aromatic heterocycles. The van der Waals surface area contributed by atoms with E-state index in [9.17, 15) is 9.59 Å².